The minimum Gasteiger partial charge on any atom is -0.496 e. The number of benzene rings is 4. The second kappa shape index (κ2) is 5.40. The van der Waals surface area contributed by atoms with E-state index in [-0.39, 0.29) is 5.82 Å². The summed E-state index contributed by atoms with van der Waals surface area (Å²) in [5.74, 6) is 0.626. The number of ether oxygens (including phenoxy) is 1. The zero-order valence-electron chi connectivity index (χ0n) is 12.6. The number of methoxy groups -OCH3 is 1. The van der Waals surface area contributed by atoms with Gasteiger partial charge in [0.25, 0.3) is 0 Å². The second-order valence-corrected chi connectivity index (χ2v) is 5.46. The third-order valence-corrected chi connectivity index (χ3v) is 4.11. The summed E-state index contributed by atoms with van der Waals surface area (Å²) in [6.07, 6.45) is 0. The molecule has 1 radical (unpaired) electrons. The Bertz CT molecular complexity index is 1020. The Morgan fingerprint density at radius 2 is 1.70 bits per heavy atom. The monoisotopic (exact) mass is 301 g/mol. The zero-order chi connectivity index (χ0) is 15.8. The summed E-state index contributed by atoms with van der Waals surface area (Å²) >= 11 is 0. The van der Waals surface area contributed by atoms with Crippen LogP contribution in [0.2, 0.25) is 0 Å². The van der Waals surface area contributed by atoms with E-state index >= 15 is 0 Å². The molecule has 0 amide bonds. The van der Waals surface area contributed by atoms with Gasteiger partial charge in [-0.3, -0.25) is 0 Å². The predicted octanol–water partition coefficient (Wildman–Crippen LogP) is 5.61. The van der Waals surface area contributed by atoms with E-state index in [0.717, 1.165) is 38.4 Å². The minimum absolute atomic E-state index is 0.228. The molecular weight excluding hydrogens is 287 g/mol. The molecule has 0 aromatic heterocycles. The molecule has 2 heteroatoms. The van der Waals surface area contributed by atoms with Gasteiger partial charge in [-0.25, -0.2) is 4.39 Å². The number of fused-ring (bicyclic) bond motifs is 2. The summed E-state index contributed by atoms with van der Waals surface area (Å²) in [5, 5.41) is 3.94. The van der Waals surface area contributed by atoms with Gasteiger partial charge in [-0.1, -0.05) is 48.5 Å². The lowest BCUT2D eigenvalue weighted by molar-refractivity contribution is 0.420. The lowest BCUT2D eigenvalue weighted by atomic mass is 9.96. The number of rotatable bonds is 2. The van der Waals surface area contributed by atoms with Crippen molar-refractivity contribution in [3.05, 3.63) is 78.6 Å². The Kier molecular flexibility index (Phi) is 3.23. The van der Waals surface area contributed by atoms with E-state index in [9.17, 15) is 4.39 Å². The number of hydrogen-bond donors (Lipinski definition) is 0. The molecule has 4 aromatic rings. The largest absolute Gasteiger partial charge is 0.496 e. The molecule has 0 saturated carbocycles. The molecule has 0 aliphatic heterocycles. The van der Waals surface area contributed by atoms with Gasteiger partial charge in [-0.15, -0.1) is 0 Å². The number of halogens is 1. The first-order chi connectivity index (χ1) is 11.3. The van der Waals surface area contributed by atoms with Gasteiger partial charge in [0.05, 0.1) is 7.11 Å². The first kappa shape index (κ1) is 13.8. The van der Waals surface area contributed by atoms with Gasteiger partial charge in [0.1, 0.15) is 11.6 Å². The van der Waals surface area contributed by atoms with Crippen LogP contribution in [0, 0.1) is 11.9 Å². The van der Waals surface area contributed by atoms with Crippen molar-refractivity contribution >= 4 is 21.5 Å². The molecule has 0 unspecified atom stereocenters. The number of hydrogen-bond acceptors (Lipinski definition) is 1. The van der Waals surface area contributed by atoms with Gasteiger partial charge in [-0.2, -0.15) is 0 Å². The SMILES string of the molecule is COc1ccc(-c2[c]c3ccc(F)cc3cc2)c2ccccc12. The summed E-state index contributed by atoms with van der Waals surface area (Å²) in [7, 11) is 1.68. The normalized spacial score (nSPS) is 11.0. The van der Waals surface area contributed by atoms with E-state index in [1.54, 1.807) is 13.2 Å². The Morgan fingerprint density at radius 3 is 2.52 bits per heavy atom. The van der Waals surface area contributed by atoms with Crippen LogP contribution in [-0.4, -0.2) is 7.11 Å². The lowest BCUT2D eigenvalue weighted by Gasteiger charge is -2.11. The Hall–Kier alpha value is -2.87. The highest BCUT2D eigenvalue weighted by Gasteiger charge is 2.09. The zero-order valence-corrected chi connectivity index (χ0v) is 12.6. The molecule has 0 atom stereocenters. The van der Waals surface area contributed by atoms with Crippen LogP contribution in [0.25, 0.3) is 32.7 Å². The summed E-state index contributed by atoms with van der Waals surface area (Å²) < 4.78 is 18.8. The van der Waals surface area contributed by atoms with E-state index in [1.807, 2.05) is 42.5 Å². The fraction of sp³-hybridized carbons (Fsp3) is 0.0476. The van der Waals surface area contributed by atoms with Crippen LogP contribution >= 0.6 is 0 Å². The van der Waals surface area contributed by atoms with E-state index in [1.165, 1.54) is 12.1 Å². The molecular formula is C21H14FO. The Labute approximate surface area is 133 Å². The van der Waals surface area contributed by atoms with Gasteiger partial charge in [0.2, 0.25) is 0 Å². The highest BCUT2D eigenvalue weighted by molar-refractivity contribution is 6.01. The molecule has 0 aliphatic carbocycles. The van der Waals surface area contributed by atoms with Crippen LogP contribution in [-0.2, 0) is 0 Å². The molecule has 1 nitrogen and oxygen atoms in total. The summed E-state index contributed by atoms with van der Waals surface area (Å²) in [4.78, 5) is 0. The van der Waals surface area contributed by atoms with Crippen molar-refractivity contribution < 1.29 is 9.13 Å². The molecule has 0 aliphatic rings. The molecule has 4 rings (SSSR count). The summed E-state index contributed by atoms with van der Waals surface area (Å²) in [6.45, 7) is 0. The van der Waals surface area contributed by atoms with Crippen molar-refractivity contribution in [2.24, 2.45) is 0 Å². The maximum atomic E-state index is 13.3. The van der Waals surface area contributed by atoms with Crippen molar-refractivity contribution in [1.82, 2.24) is 0 Å². The average molecular weight is 301 g/mol. The van der Waals surface area contributed by atoms with Crippen LogP contribution in [0.4, 0.5) is 4.39 Å². The third kappa shape index (κ3) is 2.33. The van der Waals surface area contributed by atoms with E-state index in [2.05, 4.69) is 12.1 Å². The van der Waals surface area contributed by atoms with Crippen molar-refractivity contribution in [3.63, 3.8) is 0 Å². The molecule has 0 heterocycles. The topological polar surface area (TPSA) is 9.23 Å². The van der Waals surface area contributed by atoms with Crippen LogP contribution in [0.1, 0.15) is 0 Å². The molecule has 0 spiro atoms. The van der Waals surface area contributed by atoms with Crippen molar-refractivity contribution in [3.8, 4) is 16.9 Å². The fourth-order valence-electron chi connectivity index (χ4n) is 2.99. The van der Waals surface area contributed by atoms with Gasteiger partial charge in [0.15, 0.2) is 0 Å². The Morgan fingerprint density at radius 1 is 0.870 bits per heavy atom. The van der Waals surface area contributed by atoms with Gasteiger partial charge in [-0.05, 0) is 51.6 Å². The summed E-state index contributed by atoms with van der Waals surface area (Å²) in [5.41, 5.74) is 2.08. The maximum absolute atomic E-state index is 13.3. The molecule has 0 saturated heterocycles. The minimum atomic E-state index is -0.228. The van der Waals surface area contributed by atoms with Crippen LogP contribution in [0.15, 0.2) is 66.7 Å². The lowest BCUT2D eigenvalue weighted by Crippen LogP contribution is -1.88. The molecule has 4 aromatic carbocycles. The van der Waals surface area contributed by atoms with Crippen LogP contribution in [0.5, 0.6) is 5.75 Å². The second-order valence-electron chi connectivity index (χ2n) is 5.46. The first-order valence-corrected chi connectivity index (χ1v) is 7.44. The van der Waals surface area contributed by atoms with Crippen LogP contribution < -0.4 is 4.74 Å². The average Bonchev–Trinajstić information content (AvgIpc) is 2.60. The molecule has 111 valence electrons. The Balaban J connectivity index is 1.97. The maximum Gasteiger partial charge on any atom is 0.126 e. The molecule has 0 fully saturated rings. The fourth-order valence-corrected chi connectivity index (χ4v) is 2.99. The van der Waals surface area contributed by atoms with Crippen molar-refractivity contribution in [1.29, 1.82) is 0 Å². The third-order valence-electron chi connectivity index (χ3n) is 4.11. The first-order valence-electron chi connectivity index (χ1n) is 7.44. The van der Waals surface area contributed by atoms with Crippen molar-refractivity contribution in [2.45, 2.75) is 0 Å². The highest BCUT2D eigenvalue weighted by atomic mass is 19.1. The van der Waals surface area contributed by atoms with Gasteiger partial charge in [0, 0.05) is 5.39 Å². The molecule has 0 N–H and O–H groups in total. The van der Waals surface area contributed by atoms with E-state index in [0.29, 0.717) is 0 Å². The molecule has 23 heavy (non-hydrogen) atoms. The van der Waals surface area contributed by atoms with E-state index < -0.39 is 0 Å². The van der Waals surface area contributed by atoms with Gasteiger partial charge < -0.3 is 4.74 Å². The van der Waals surface area contributed by atoms with Crippen molar-refractivity contribution in [2.75, 3.05) is 7.11 Å². The van der Waals surface area contributed by atoms with Crippen LogP contribution in [0.3, 0.4) is 0 Å². The van der Waals surface area contributed by atoms with E-state index in [4.69, 9.17) is 4.74 Å². The quantitative estimate of drug-likeness (QED) is 0.468. The smallest absolute Gasteiger partial charge is 0.126 e. The molecule has 0 bridgehead atoms. The highest BCUT2D eigenvalue weighted by Crippen LogP contribution is 2.35. The standard InChI is InChI=1S/C21H14FO/c1-23-21-11-10-18(19-4-2-3-5-20(19)21)16-7-6-15-13-17(22)9-8-14(15)12-16/h2-11,13H,1H3. The van der Waals surface area contributed by atoms with Gasteiger partial charge >= 0.3 is 0 Å². The summed E-state index contributed by atoms with van der Waals surface area (Å²) in [6, 6.07) is 24.2. The predicted molar refractivity (Wildman–Crippen MR) is 92.2 cm³/mol.